The van der Waals surface area contributed by atoms with E-state index in [9.17, 15) is 13.2 Å². The van der Waals surface area contributed by atoms with Gasteiger partial charge in [0.2, 0.25) is 5.91 Å². The summed E-state index contributed by atoms with van der Waals surface area (Å²) >= 11 is 7.62. The van der Waals surface area contributed by atoms with Crippen molar-refractivity contribution >= 4 is 43.8 Å². The first kappa shape index (κ1) is 29.2. The molecule has 0 radical (unpaired) electrons. The van der Waals surface area contributed by atoms with Crippen LogP contribution in [0.3, 0.4) is 0 Å². The summed E-state index contributed by atoms with van der Waals surface area (Å²) in [6, 6.07) is 14.8. The van der Waals surface area contributed by atoms with Crippen LogP contribution in [0.1, 0.15) is 74.1 Å². The number of aromatic nitrogens is 1. The van der Waals surface area contributed by atoms with Crippen LogP contribution in [0, 0.1) is 5.92 Å². The first-order valence-electron chi connectivity index (χ1n) is 14.2. The molecule has 1 saturated carbocycles. The molecule has 0 bridgehead atoms. The molecule has 0 saturated heterocycles. The predicted molar refractivity (Wildman–Crippen MR) is 163 cm³/mol. The molecule has 1 aromatic heterocycles. The molecule has 0 spiro atoms. The number of hydrogen-bond donors (Lipinski definition) is 1. The zero-order chi connectivity index (χ0) is 28.3. The highest BCUT2D eigenvalue weighted by Gasteiger charge is 2.37. The van der Waals surface area contributed by atoms with E-state index in [0.717, 1.165) is 61.5 Å². The summed E-state index contributed by atoms with van der Waals surface area (Å²) < 4.78 is 25.5. The fraction of sp³-hybridized carbons (Fsp3) is 0.484. The molecule has 1 atom stereocenters. The highest BCUT2D eigenvalue weighted by molar-refractivity contribution is 7.91. The van der Waals surface area contributed by atoms with Gasteiger partial charge < -0.3 is 5.32 Å². The Morgan fingerprint density at radius 2 is 1.77 bits per heavy atom. The molecule has 3 aromatic rings. The second-order valence-electron chi connectivity index (χ2n) is 11.5. The lowest BCUT2D eigenvalue weighted by atomic mass is 9.86. The van der Waals surface area contributed by atoms with E-state index in [4.69, 9.17) is 16.6 Å². The number of sulfone groups is 1. The largest absolute Gasteiger partial charge is 0.302 e. The van der Waals surface area contributed by atoms with Crippen molar-refractivity contribution in [3.63, 3.8) is 0 Å². The molecule has 2 aliphatic rings. The Bertz CT molecular complexity index is 1430. The molecule has 1 fully saturated rings. The summed E-state index contributed by atoms with van der Waals surface area (Å²) in [5.41, 5.74) is 3.03. The Labute approximate surface area is 247 Å². The third-order valence-electron chi connectivity index (χ3n) is 8.64. The van der Waals surface area contributed by atoms with Gasteiger partial charge in [-0.25, -0.2) is 13.4 Å². The minimum Gasteiger partial charge on any atom is -0.302 e. The molecule has 1 aliphatic carbocycles. The van der Waals surface area contributed by atoms with Gasteiger partial charge in [0.15, 0.2) is 15.0 Å². The Hall–Kier alpha value is -2.26. The van der Waals surface area contributed by atoms with Gasteiger partial charge in [-0.3, -0.25) is 9.69 Å². The highest BCUT2D eigenvalue weighted by atomic mass is 35.5. The second kappa shape index (κ2) is 12.3. The van der Waals surface area contributed by atoms with Gasteiger partial charge in [-0.15, -0.1) is 11.3 Å². The zero-order valence-corrected chi connectivity index (χ0v) is 25.7. The van der Waals surface area contributed by atoms with Crippen LogP contribution in [0.4, 0.5) is 5.13 Å². The maximum Gasteiger partial charge on any atom is 0.230 e. The van der Waals surface area contributed by atoms with Crippen molar-refractivity contribution in [2.75, 3.05) is 11.1 Å². The number of benzene rings is 2. The number of fused-ring (bicyclic) bond motifs is 1. The van der Waals surface area contributed by atoms with Crippen LogP contribution in [-0.4, -0.2) is 35.5 Å². The van der Waals surface area contributed by atoms with Crippen molar-refractivity contribution in [3.8, 4) is 0 Å². The van der Waals surface area contributed by atoms with Crippen LogP contribution >= 0.6 is 22.9 Å². The lowest BCUT2D eigenvalue weighted by molar-refractivity contribution is -0.115. The normalized spacial score (nSPS) is 20.0. The van der Waals surface area contributed by atoms with Crippen LogP contribution in [0.25, 0.3) is 0 Å². The Morgan fingerprint density at radius 1 is 1.10 bits per heavy atom. The number of halogens is 1. The molecular weight excluding hydrogens is 562 g/mol. The summed E-state index contributed by atoms with van der Waals surface area (Å²) in [5, 5.41) is 4.33. The van der Waals surface area contributed by atoms with Crippen molar-refractivity contribution in [1.82, 2.24) is 9.88 Å². The van der Waals surface area contributed by atoms with E-state index in [2.05, 4.69) is 36.2 Å². The minimum atomic E-state index is -3.30. The topological polar surface area (TPSA) is 79.4 Å². The van der Waals surface area contributed by atoms with Crippen molar-refractivity contribution in [1.29, 1.82) is 0 Å². The van der Waals surface area contributed by atoms with Gasteiger partial charge in [-0.1, -0.05) is 68.5 Å². The van der Waals surface area contributed by atoms with Gasteiger partial charge in [0.1, 0.15) is 0 Å². The van der Waals surface area contributed by atoms with E-state index in [-0.39, 0.29) is 23.6 Å². The standard InChI is InChI=1S/C31H38ClN3O3S2/c1-3-31(2)19-27-28(21-35(31)20-24-8-12-25(32)13-9-24)39-30(33-27)34-29(36)18-23-10-14-26(15-11-23)40(37,38)17-16-22-6-4-5-7-22/h8-15,22H,3-7,16-21H2,1-2H3,(H,33,34,36)/t31-/m1/s1. The zero-order valence-electron chi connectivity index (χ0n) is 23.3. The van der Waals surface area contributed by atoms with Crippen LogP contribution in [0.2, 0.25) is 5.02 Å². The van der Waals surface area contributed by atoms with E-state index in [1.54, 1.807) is 24.3 Å². The SMILES string of the molecule is CC[C@]1(C)Cc2nc(NC(=O)Cc3ccc(S(=O)(=O)CCC4CCCC4)cc3)sc2CN1Cc1ccc(Cl)cc1. The van der Waals surface area contributed by atoms with Crippen LogP contribution in [0.5, 0.6) is 0 Å². The summed E-state index contributed by atoms with van der Waals surface area (Å²) in [4.78, 5) is 21.7. The molecular formula is C31H38ClN3O3S2. The van der Waals surface area contributed by atoms with E-state index in [0.29, 0.717) is 15.9 Å². The van der Waals surface area contributed by atoms with Gasteiger partial charge in [-0.2, -0.15) is 0 Å². The number of rotatable bonds is 10. The number of anilines is 1. The number of thiazole rings is 1. The average molecular weight is 600 g/mol. The number of hydrogen-bond acceptors (Lipinski definition) is 6. The Kier molecular flexibility index (Phi) is 9.00. The first-order valence-corrected chi connectivity index (χ1v) is 17.1. The van der Waals surface area contributed by atoms with Crippen LogP contribution in [0.15, 0.2) is 53.4 Å². The summed E-state index contributed by atoms with van der Waals surface area (Å²) in [5.74, 6) is 0.580. The monoisotopic (exact) mass is 599 g/mol. The molecule has 1 aliphatic heterocycles. The minimum absolute atomic E-state index is 0.0266. The van der Waals surface area contributed by atoms with Crippen molar-refractivity contribution in [3.05, 3.63) is 75.3 Å². The second-order valence-corrected chi connectivity index (χ2v) is 15.2. The van der Waals surface area contributed by atoms with Crippen molar-refractivity contribution in [2.24, 2.45) is 5.92 Å². The third kappa shape index (κ3) is 6.96. The number of nitrogens with one attached hydrogen (secondary N) is 1. The lowest BCUT2D eigenvalue weighted by Crippen LogP contribution is -2.49. The number of nitrogens with zero attached hydrogens (tertiary/aromatic N) is 2. The van der Waals surface area contributed by atoms with Gasteiger partial charge >= 0.3 is 0 Å². The quantitative estimate of drug-likeness (QED) is 0.270. The summed E-state index contributed by atoms with van der Waals surface area (Å²) in [6.45, 7) is 6.10. The molecule has 5 rings (SSSR count). The molecule has 1 N–H and O–H groups in total. The maximum absolute atomic E-state index is 12.9. The fourth-order valence-electron chi connectivity index (χ4n) is 5.84. The van der Waals surface area contributed by atoms with E-state index in [1.807, 2.05) is 12.1 Å². The molecule has 2 aromatic carbocycles. The summed E-state index contributed by atoms with van der Waals surface area (Å²) in [7, 11) is -3.30. The van der Waals surface area contributed by atoms with Gasteiger partial charge in [-0.05, 0) is 61.1 Å². The molecule has 6 nitrogen and oxygen atoms in total. The van der Waals surface area contributed by atoms with E-state index < -0.39 is 9.84 Å². The molecule has 0 unspecified atom stereocenters. The van der Waals surface area contributed by atoms with E-state index >= 15 is 0 Å². The Balaban J connectivity index is 1.19. The smallest absolute Gasteiger partial charge is 0.230 e. The Morgan fingerprint density at radius 3 is 2.45 bits per heavy atom. The van der Waals surface area contributed by atoms with E-state index in [1.165, 1.54) is 34.6 Å². The fourth-order valence-corrected chi connectivity index (χ4v) is 8.41. The molecule has 2 heterocycles. The molecule has 40 heavy (non-hydrogen) atoms. The average Bonchev–Trinajstić information content (AvgIpc) is 3.58. The summed E-state index contributed by atoms with van der Waals surface area (Å²) in [6.07, 6.45) is 7.44. The lowest BCUT2D eigenvalue weighted by Gasteiger charge is -2.44. The van der Waals surface area contributed by atoms with Crippen LogP contribution < -0.4 is 5.32 Å². The first-order chi connectivity index (χ1) is 19.1. The number of carbonyl (C=O) groups excluding carboxylic acids is 1. The third-order valence-corrected chi connectivity index (χ3v) is 11.6. The van der Waals surface area contributed by atoms with Gasteiger partial charge in [0.25, 0.3) is 0 Å². The van der Waals surface area contributed by atoms with Crippen molar-refractivity contribution < 1.29 is 13.2 Å². The number of amides is 1. The van der Waals surface area contributed by atoms with Crippen LogP contribution in [-0.2, 0) is 40.6 Å². The maximum atomic E-state index is 12.9. The molecule has 214 valence electrons. The van der Waals surface area contributed by atoms with Crippen molar-refractivity contribution in [2.45, 2.75) is 88.7 Å². The van der Waals surface area contributed by atoms with Gasteiger partial charge in [0.05, 0.1) is 22.8 Å². The highest BCUT2D eigenvalue weighted by Crippen LogP contribution is 2.38. The number of carbonyl (C=O) groups is 1. The molecule has 1 amide bonds. The predicted octanol–water partition coefficient (Wildman–Crippen LogP) is 7.06. The molecule has 9 heteroatoms. The van der Waals surface area contributed by atoms with Gasteiger partial charge in [0, 0.05) is 34.9 Å².